The number of carboxylic acid groups (broad SMARTS) is 1. The third-order valence-corrected chi connectivity index (χ3v) is 5.34. The topological polar surface area (TPSA) is 157 Å². The zero-order valence-corrected chi connectivity index (χ0v) is 22.6. The molecule has 0 aromatic heterocycles. The van der Waals surface area contributed by atoms with Gasteiger partial charge >= 0.3 is 18.0 Å². The SMILES string of the molecule is COC(=O)COc1ccc(CC(NC(=O)C(Cc2ccccc2)NC(=O)OC(C)(C)C)C(=O)O)cc1C(C)=O. The number of nitrogens with one attached hydrogen (secondary N) is 2. The Morgan fingerprint density at radius 2 is 1.54 bits per heavy atom. The van der Waals surface area contributed by atoms with E-state index in [2.05, 4.69) is 15.4 Å². The lowest BCUT2D eigenvalue weighted by Gasteiger charge is -2.24. The van der Waals surface area contributed by atoms with E-state index in [1.165, 1.54) is 32.2 Å². The van der Waals surface area contributed by atoms with E-state index in [1.54, 1.807) is 51.1 Å². The molecule has 0 aliphatic heterocycles. The summed E-state index contributed by atoms with van der Waals surface area (Å²) >= 11 is 0. The van der Waals surface area contributed by atoms with E-state index >= 15 is 0 Å². The van der Waals surface area contributed by atoms with Gasteiger partial charge in [-0.1, -0.05) is 36.4 Å². The number of benzene rings is 2. The van der Waals surface area contributed by atoms with Gasteiger partial charge in [-0.05, 0) is 51.0 Å². The quantitative estimate of drug-likeness (QED) is 0.271. The minimum absolute atomic E-state index is 0.0962. The van der Waals surface area contributed by atoms with Crippen molar-refractivity contribution in [1.82, 2.24) is 10.6 Å². The molecule has 2 amide bonds. The van der Waals surface area contributed by atoms with Crippen molar-refractivity contribution in [2.45, 2.75) is 58.2 Å². The van der Waals surface area contributed by atoms with Crippen LogP contribution in [0.15, 0.2) is 48.5 Å². The highest BCUT2D eigenvalue weighted by molar-refractivity contribution is 5.97. The van der Waals surface area contributed by atoms with Gasteiger partial charge in [-0.25, -0.2) is 14.4 Å². The lowest BCUT2D eigenvalue weighted by atomic mass is 10.00. The highest BCUT2D eigenvalue weighted by Crippen LogP contribution is 2.22. The monoisotopic (exact) mass is 542 g/mol. The Morgan fingerprint density at radius 3 is 2.10 bits per heavy atom. The van der Waals surface area contributed by atoms with Gasteiger partial charge in [0.05, 0.1) is 12.7 Å². The fourth-order valence-corrected chi connectivity index (χ4v) is 3.52. The zero-order chi connectivity index (χ0) is 29.2. The van der Waals surface area contributed by atoms with Gasteiger partial charge in [0.15, 0.2) is 12.4 Å². The Bertz CT molecular complexity index is 1190. The first-order valence-electron chi connectivity index (χ1n) is 12.2. The summed E-state index contributed by atoms with van der Waals surface area (Å²) in [5, 5.41) is 14.8. The maximum absolute atomic E-state index is 13.2. The standard InChI is InChI=1S/C28H34N2O9/c1-17(31)20-13-19(11-12-23(20)38-16-24(32)37-5)15-22(26(34)35)29-25(33)21(14-18-9-7-6-8-10-18)30-27(36)39-28(2,3)4/h6-13,21-22H,14-16H2,1-5H3,(H,29,33)(H,30,36)(H,34,35). The zero-order valence-electron chi connectivity index (χ0n) is 22.6. The minimum atomic E-state index is -1.38. The van der Waals surface area contributed by atoms with Crippen LogP contribution in [0.4, 0.5) is 4.79 Å². The predicted octanol–water partition coefficient (Wildman–Crippen LogP) is 2.69. The molecule has 0 fully saturated rings. The van der Waals surface area contributed by atoms with Gasteiger partial charge in [0.25, 0.3) is 0 Å². The van der Waals surface area contributed by atoms with E-state index in [1.807, 2.05) is 0 Å². The molecule has 0 bridgehead atoms. The van der Waals surface area contributed by atoms with Gasteiger partial charge in [-0.3, -0.25) is 9.59 Å². The molecule has 2 atom stereocenters. The van der Waals surface area contributed by atoms with Crippen LogP contribution in [-0.2, 0) is 36.7 Å². The van der Waals surface area contributed by atoms with Gasteiger partial charge in [0, 0.05) is 12.8 Å². The van der Waals surface area contributed by atoms with Crippen LogP contribution in [0.5, 0.6) is 5.75 Å². The Kier molecular flexibility index (Phi) is 11.0. The molecule has 0 spiro atoms. The number of carbonyl (C=O) groups excluding carboxylic acids is 4. The minimum Gasteiger partial charge on any atom is -0.481 e. The molecule has 2 rings (SSSR count). The highest BCUT2D eigenvalue weighted by atomic mass is 16.6. The van der Waals surface area contributed by atoms with Crippen molar-refractivity contribution in [3.05, 3.63) is 65.2 Å². The number of carbonyl (C=O) groups is 5. The maximum Gasteiger partial charge on any atom is 0.408 e. The number of ketones is 1. The smallest absolute Gasteiger partial charge is 0.408 e. The summed E-state index contributed by atoms with van der Waals surface area (Å²) in [7, 11) is 1.20. The molecule has 0 saturated heterocycles. The average Bonchev–Trinajstić information content (AvgIpc) is 2.86. The molecule has 210 valence electrons. The fraction of sp³-hybridized carbons (Fsp3) is 0.393. The van der Waals surface area contributed by atoms with E-state index in [4.69, 9.17) is 9.47 Å². The predicted molar refractivity (Wildman–Crippen MR) is 141 cm³/mol. The summed E-state index contributed by atoms with van der Waals surface area (Å²) in [5.74, 6) is -2.89. The lowest BCUT2D eigenvalue weighted by Crippen LogP contribution is -2.53. The third-order valence-electron chi connectivity index (χ3n) is 5.34. The van der Waals surface area contributed by atoms with E-state index in [0.717, 1.165) is 5.56 Å². The van der Waals surface area contributed by atoms with E-state index in [-0.39, 0.29) is 29.9 Å². The number of hydrogen-bond acceptors (Lipinski definition) is 8. The van der Waals surface area contributed by atoms with Crippen molar-refractivity contribution in [1.29, 1.82) is 0 Å². The number of esters is 1. The third kappa shape index (κ3) is 10.5. The molecule has 2 unspecified atom stereocenters. The number of aliphatic carboxylic acids is 1. The Morgan fingerprint density at radius 1 is 0.897 bits per heavy atom. The van der Waals surface area contributed by atoms with Gasteiger partial charge in [-0.2, -0.15) is 0 Å². The number of rotatable bonds is 12. The first-order valence-corrected chi connectivity index (χ1v) is 12.2. The molecule has 0 aliphatic rings. The maximum atomic E-state index is 13.2. The Hall–Kier alpha value is -4.41. The van der Waals surface area contributed by atoms with E-state index in [0.29, 0.717) is 5.56 Å². The van der Waals surface area contributed by atoms with Crippen LogP contribution in [0, 0.1) is 0 Å². The second-order valence-corrected chi connectivity index (χ2v) is 9.74. The summed E-state index contributed by atoms with van der Waals surface area (Å²) in [5.41, 5.74) is 0.510. The fourth-order valence-electron chi connectivity index (χ4n) is 3.52. The lowest BCUT2D eigenvalue weighted by molar-refractivity contribution is -0.143. The van der Waals surface area contributed by atoms with Crippen molar-refractivity contribution < 1.29 is 43.3 Å². The highest BCUT2D eigenvalue weighted by Gasteiger charge is 2.29. The summed E-state index contributed by atoms with van der Waals surface area (Å²) in [4.78, 5) is 61.2. The molecule has 11 nitrogen and oxygen atoms in total. The summed E-state index contributed by atoms with van der Waals surface area (Å²) < 4.78 is 15.2. The molecule has 2 aromatic rings. The molecule has 2 aromatic carbocycles. The number of methoxy groups -OCH3 is 1. The van der Waals surface area contributed by atoms with Crippen LogP contribution >= 0.6 is 0 Å². The molecule has 0 heterocycles. The second-order valence-electron chi connectivity index (χ2n) is 9.74. The normalized spacial score (nSPS) is 12.4. The van der Waals surface area contributed by atoms with E-state index < -0.39 is 48.2 Å². The van der Waals surface area contributed by atoms with Crippen molar-refractivity contribution >= 4 is 29.7 Å². The average molecular weight is 543 g/mol. The van der Waals surface area contributed by atoms with Crippen LogP contribution in [0.1, 0.15) is 49.2 Å². The molecule has 0 saturated carbocycles. The summed E-state index contributed by atoms with van der Waals surface area (Å²) in [6.07, 6.45) is -0.888. The van der Waals surface area contributed by atoms with Crippen molar-refractivity contribution in [3.63, 3.8) is 0 Å². The Labute approximate surface area is 226 Å². The van der Waals surface area contributed by atoms with Crippen LogP contribution in [0.2, 0.25) is 0 Å². The number of amides is 2. The first-order chi connectivity index (χ1) is 18.3. The van der Waals surface area contributed by atoms with Crippen molar-refractivity contribution in [2.75, 3.05) is 13.7 Å². The molecule has 11 heteroatoms. The van der Waals surface area contributed by atoms with Crippen molar-refractivity contribution in [3.8, 4) is 5.75 Å². The number of carboxylic acids is 1. The summed E-state index contributed by atoms with van der Waals surface area (Å²) in [6, 6.07) is 10.8. The van der Waals surface area contributed by atoms with Crippen LogP contribution in [-0.4, -0.2) is 66.2 Å². The molecular weight excluding hydrogens is 508 g/mol. The molecule has 0 radical (unpaired) electrons. The number of ether oxygens (including phenoxy) is 3. The molecule has 0 aliphatic carbocycles. The second kappa shape index (κ2) is 13.9. The largest absolute Gasteiger partial charge is 0.481 e. The molecular formula is C28H34N2O9. The van der Waals surface area contributed by atoms with Crippen LogP contribution in [0.25, 0.3) is 0 Å². The van der Waals surface area contributed by atoms with Gasteiger partial charge in [0.1, 0.15) is 23.4 Å². The summed E-state index contributed by atoms with van der Waals surface area (Å²) in [6.45, 7) is 5.94. The van der Waals surface area contributed by atoms with Gasteiger partial charge < -0.3 is 30.0 Å². The number of Topliss-reactive ketones (excluding diaryl/α,β-unsaturated/α-hetero) is 1. The Balaban J connectivity index is 2.23. The number of alkyl carbamates (subject to hydrolysis) is 1. The first kappa shape index (κ1) is 30.8. The molecule has 39 heavy (non-hydrogen) atoms. The van der Waals surface area contributed by atoms with E-state index in [9.17, 15) is 29.1 Å². The molecule has 3 N–H and O–H groups in total. The van der Waals surface area contributed by atoms with Gasteiger partial charge in [0.2, 0.25) is 5.91 Å². The van der Waals surface area contributed by atoms with Gasteiger partial charge in [-0.15, -0.1) is 0 Å². The van der Waals surface area contributed by atoms with Crippen LogP contribution in [0.3, 0.4) is 0 Å². The van der Waals surface area contributed by atoms with Crippen LogP contribution < -0.4 is 15.4 Å². The number of hydrogen-bond donors (Lipinski definition) is 3. The van der Waals surface area contributed by atoms with Crippen molar-refractivity contribution in [2.24, 2.45) is 0 Å².